The molecule has 30 heavy (non-hydrogen) atoms. The van der Waals surface area contributed by atoms with E-state index in [1.165, 1.54) is 18.3 Å². The Kier molecular flexibility index (Phi) is 6.11. The van der Waals surface area contributed by atoms with Crippen molar-refractivity contribution in [1.82, 2.24) is 20.3 Å². The van der Waals surface area contributed by atoms with Gasteiger partial charge < -0.3 is 10.1 Å². The number of carbonyl (C=O) groups excluding carboxylic acids is 1. The average Bonchev–Trinajstić information content (AvgIpc) is 3.49. The van der Waals surface area contributed by atoms with Crippen LogP contribution in [0.5, 0.6) is 11.8 Å². The first-order chi connectivity index (χ1) is 14.0. The number of nitrogens with zero attached hydrogens (tertiary/aromatic N) is 3. The molecule has 1 fully saturated rings. The molecular formula is C19H20F2N4O4S. The Balaban J connectivity index is 1.86. The molecule has 0 spiro atoms. The number of rotatable bonds is 8. The van der Waals surface area contributed by atoms with Crippen LogP contribution in [0.1, 0.15) is 35.9 Å². The van der Waals surface area contributed by atoms with Gasteiger partial charge in [-0.15, -0.1) is 0 Å². The number of nitrogens with one attached hydrogen (secondary N) is 1. The van der Waals surface area contributed by atoms with Gasteiger partial charge in [-0.2, -0.15) is 8.78 Å². The molecule has 2 heterocycles. The number of aromatic nitrogens is 3. The van der Waals surface area contributed by atoms with E-state index in [0.29, 0.717) is 6.92 Å². The van der Waals surface area contributed by atoms with E-state index in [2.05, 4.69) is 20.3 Å². The second-order valence-electron chi connectivity index (χ2n) is 7.06. The largest absolute Gasteiger partial charge is 0.418 e. The molecule has 1 N–H and O–H groups in total. The monoisotopic (exact) mass is 438 g/mol. The van der Waals surface area contributed by atoms with E-state index in [1.54, 1.807) is 12.1 Å². The lowest BCUT2D eigenvalue weighted by molar-refractivity contribution is 0.00985. The number of alkyl halides is 2. The van der Waals surface area contributed by atoms with Gasteiger partial charge in [0.2, 0.25) is 11.8 Å². The molecule has 2 aromatic rings. The maximum absolute atomic E-state index is 13.9. The minimum atomic E-state index is -3.36. The maximum Gasteiger partial charge on any atom is 0.292 e. The smallest absolute Gasteiger partial charge is 0.292 e. The van der Waals surface area contributed by atoms with Crippen molar-refractivity contribution in [3.63, 3.8) is 0 Å². The predicted octanol–water partition coefficient (Wildman–Crippen LogP) is 2.84. The van der Waals surface area contributed by atoms with E-state index in [0.717, 1.165) is 30.7 Å². The van der Waals surface area contributed by atoms with Crippen molar-refractivity contribution in [3.8, 4) is 11.8 Å². The molecule has 160 valence electrons. The van der Waals surface area contributed by atoms with E-state index in [1.807, 2.05) is 0 Å². The van der Waals surface area contributed by atoms with Crippen molar-refractivity contribution in [1.29, 1.82) is 0 Å². The van der Waals surface area contributed by atoms with Gasteiger partial charge in [-0.1, -0.05) is 12.1 Å². The zero-order valence-electron chi connectivity index (χ0n) is 16.2. The Hall–Kier alpha value is -2.95. The summed E-state index contributed by atoms with van der Waals surface area (Å²) in [7, 11) is -3.36. The zero-order valence-corrected chi connectivity index (χ0v) is 17.1. The Morgan fingerprint density at radius 1 is 1.33 bits per heavy atom. The Labute approximate surface area is 172 Å². The van der Waals surface area contributed by atoms with Crippen LogP contribution in [-0.4, -0.2) is 41.6 Å². The molecule has 0 unspecified atom stereocenters. The second-order valence-corrected chi connectivity index (χ2v) is 8.99. The molecule has 0 bridgehead atoms. The van der Waals surface area contributed by atoms with E-state index in [9.17, 15) is 22.0 Å². The first kappa shape index (κ1) is 21.8. The third kappa shape index (κ3) is 6.02. The highest BCUT2D eigenvalue weighted by molar-refractivity contribution is 7.93. The van der Waals surface area contributed by atoms with Crippen LogP contribution < -0.4 is 10.1 Å². The molecule has 0 radical (unpaired) electrons. The van der Waals surface area contributed by atoms with Crippen molar-refractivity contribution >= 4 is 15.7 Å². The number of amides is 1. The topological polar surface area (TPSA) is 111 Å². The van der Waals surface area contributed by atoms with Crippen molar-refractivity contribution in [3.05, 3.63) is 53.5 Å². The van der Waals surface area contributed by atoms with Crippen LogP contribution in [0.15, 0.2) is 42.1 Å². The maximum atomic E-state index is 13.9. The van der Waals surface area contributed by atoms with Crippen LogP contribution in [0.3, 0.4) is 0 Å². The fraction of sp³-hybridized carbons (Fsp3) is 0.368. The Bertz CT molecular complexity index is 1050. The molecule has 1 saturated carbocycles. The fourth-order valence-electron chi connectivity index (χ4n) is 2.59. The summed E-state index contributed by atoms with van der Waals surface area (Å²) >= 11 is 0. The molecule has 1 amide bonds. The van der Waals surface area contributed by atoms with E-state index in [-0.39, 0.29) is 17.5 Å². The molecule has 0 aromatic carbocycles. The van der Waals surface area contributed by atoms with Gasteiger partial charge in [-0.25, -0.2) is 23.4 Å². The standard InChI is InChI=1S/C19H20F2N4O4S/c1-19(20,21)16-18(29-15-5-3-4-9-22-15)25-14(11-23-16)17(26)24-13(12-6-7-12)8-10-30(2,27)28/h3-5,8-13H,6-7H2,1-2H3,(H,24,26)/b10-8+/t13-/m1/s1. The van der Waals surface area contributed by atoms with Crippen molar-refractivity contribution in [2.75, 3.05) is 6.26 Å². The van der Waals surface area contributed by atoms with Crippen molar-refractivity contribution in [2.24, 2.45) is 5.92 Å². The zero-order chi connectivity index (χ0) is 21.9. The average molecular weight is 438 g/mol. The number of halogens is 2. The summed E-state index contributed by atoms with van der Waals surface area (Å²) in [6.45, 7) is 0.640. The van der Waals surface area contributed by atoms with Gasteiger partial charge in [0.25, 0.3) is 11.8 Å². The van der Waals surface area contributed by atoms with Crippen molar-refractivity contribution < 1.29 is 26.7 Å². The van der Waals surface area contributed by atoms with Crippen molar-refractivity contribution in [2.45, 2.75) is 31.7 Å². The molecular weight excluding hydrogens is 418 g/mol. The number of ether oxygens (including phenoxy) is 1. The summed E-state index contributed by atoms with van der Waals surface area (Å²) in [6, 6.07) is 4.15. The molecule has 1 aliphatic carbocycles. The Morgan fingerprint density at radius 3 is 2.63 bits per heavy atom. The molecule has 8 nitrogen and oxygen atoms in total. The summed E-state index contributed by atoms with van der Waals surface area (Å²) < 4.78 is 55.9. The van der Waals surface area contributed by atoms with Gasteiger partial charge in [-0.3, -0.25) is 4.79 Å². The summed E-state index contributed by atoms with van der Waals surface area (Å²) in [4.78, 5) is 24.1. The van der Waals surface area contributed by atoms with Crippen LogP contribution >= 0.6 is 0 Å². The van der Waals surface area contributed by atoms with Crippen LogP contribution in [-0.2, 0) is 15.8 Å². The molecule has 1 atom stereocenters. The first-order valence-electron chi connectivity index (χ1n) is 9.06. The number of carbonyl (C=O) groups is 1. The molecule has 1 aliphatic rings. The number of hydrogen-bond donors (Lipinski definition) is 1. The van der Waals surface area contributed by atoms with Crippen LogP contribution in [0, 0.1) is 5.92 Å². The summed E-state index contributed by atoms with van der Waals surface area (Å²) in [6.07, 6.45) is 6.46. The molecule has 0 aliphatic heterocycles. The third-order valence-corrected chi connectivity index (χ3v) is 4.84. The quantitative estimate of drug-likeness (QED) is 0.675. The van der Waals surface area contributed by atoms with Gasteiger partial charge in [0.1, 0.15) is 0 Å². The highest BCUT2D eigenvalue weighted by Gasteiger charge is 2.34. The van der Waals surface area contributed by atoms with E-state index < -0.39 is 39.3 Å². The molecule has 2 aromatic heterocycles. The number of pyridine rings is 1. The predicted molar refractivity (Wildman–Crippen MR) is 104 cm³/mol. The van der Waals surface area contributed by atoms with Crippen LogP contribution in [0.25, 0.3) is 0 Å². The third-order valence-electron chi connectivity index (χ3n) is 4.19. The highest BCUT2D eigenvalue weighted by Crippen LogP contribution is 2.35. The summed E-state index contributed by atoms with van der Waals surface area (Å²) in [5.41, 5.74) is -0.979. The number of hydrogen-bond acceptors (Lipinski definition) is 7. The van der Waals surface area contributed by atoms with Gasteiger partial charge >= 0.3 is 0 Å². The normalized spacial score (nSPS) is 15.7. The molecule has 0 saturated heterocycles. The lowest BCUT2D eigenvalue weighted by atomic mass is 10.2. The minimum Gasteiger partial charge on any atom is -0.418 e. The summed E-state index contributed by atoms with van der Waals surface area (Å²) in [5, 5.41) is 3.69. The highest BCUT2D eigenvalue weighted by atomic mass is 32.2. The molecule has 3 rings (SSSR count). The summed E-state index contributed by atoms with van der Waals surface area (Å²) in [5.74, 6) is -4.47. The second kappa shape index (κ2) is 8.42. The van der Waals surface area contributed by atoms with E-state index in [4.69, 9.17) is 4.74 Å². The SMILES string of the molecule is CC(F)(F)c1ncc(C(=O)N[C@H](/C=C/S(C)(=O)=O)C2CC2)nc1Oc1ccccn1. The van der Waals surface area contributed by atoms with Crippen LogP contribution in [0.4, 0.5) is 8.78 Å². The van der Waals surface area contributed by atoms with E-state index >= 15 is 0 Å². The lowest BCUT2D eigenvalue weighted by Crippen LogP contribution is -2.36. The first-order valence-corrected chi connectivity index (χ1v) is 11.0. The van der Waals surface area contributed by atoms with Crippen LogP contribution in [0.2, 0.25) is 0 Å². The minimum absolute atomic E-state index is 0.0156. The Morgan fingerprint density at radius 2 is 2.07 bits per heavy atom. The lowest BCUT2D eigenvalue weighted by Gasteiger charge is -2.16. The fourth-order valence-corrected chi connectivity index (χ4v) is 3.05. The van der Waals surface area contributed by atoms with Gasteiger partial charge in [-0.05, 0) is 24.8 Å². The van der Waals surface area contributed by atoms with Gasteiger partial charge in [0, 0.05) is 30.9 Å². The van der Waals surface area contributed by atoms with Gasteiger partial charge in [0.05, 0.1) is 12.2 Å². The number of sulfone groups is 1. The van der Waals surface area contributed by atoms with Gasteiger partial charge in [0.15, 0.2) is 21.2 Å². The molecule has 11 heteroatoms.